The van der Waals surface area contributed by atoms with Gasteiger partial charge in [-0.1, -0.05) is 0 Å². The normalized spacial score (nSPS) is 28.4. The van der Waals surface area contributed by atoms with Gasteiger partial charge in [-0.05, 0) is 26.0 Å². The molecule has 10 nitrogen and oxygen atoms in total. The first-order valence-electron chi connectivity index (χ1n) is 8.36. The number of ether oxygens (including phenoxy) is 4. The van der Waals surface area contributed by atoms with Crippen LogP contribution in [0.15, 0.2) is 24.3 Å². The zero-order valence-electron chi connectivity index (χ0n) is 15.0. The minimum Gasteiger partial charge on any atom is -0.459 e. The van der Waals surface area contributed by atoms with E-state index in [4.69, 9.17) is 18.9 Å². The van der Waals surface area contributed by atoms with Crippen molar-refractivity contribution in [1.29, 1.82) is 0 Å². The molecule has 0 aromatic heterocycles. The SMILES string of the molecule is CC(=O)N[C@H]1[C@H]2OC(C)(C)O[C@@H]2O[C@@H]1COC(=O)c1ccc([N+](=O)[O-])cc1. The molecule has 146 valence electrons. The van der Waals surface area contributed by atoms with Crippen molar-refractivity contribution in [3.05, 3.63) is 39.9 Å². The summed E-state index contributed by atoms with van der Waals surface area (Å²) >= 11 is 0. The second-order valence-corrected chi connectivity index (χ2v) is 6.77. The molecule has 0 spiro atoms. The van der Waals surface area contributed by atoms with E-state index in [9.17, 15) is 19.7 Å². The second-order valence-electron chi connectivity index (χ2n) is 6.77. The fourth-order valence-electron chi connectivity index (χ4n) is 3.09. The van der Waals surface area contributed by atoms with Crippen LogP contribution >= 0.6 is 0 Å². The van der Waals surface area contributed by atoms with Gasteiger partial charge >= 0.3 is 5.97 Å². The molecule has 0 radical (unpaired) electrons. The lowest BCUT2D eigenvalue weighted by molar-refractivity contribution is -0.384. The summed E-state index contributed by atoms with van der Waals surface area (Å²) in [7, 11) is 0. The number of nitro groups is 1. The molecule has 10 heteroatoms. The molecule has 1 aromatic rings. The Morgan fingerprint density at radius 2 is 1.93 bits per heavy atom. The van der Waals surface area contributed by atoms with Gasteiger partial charge in [0.15, 0.2) is 12.1 Å². The first-order valence-corrected chi connectivity index (χ1v) is 8.36. The van der Waals surface area contributed by atoms with E-state index in [1.165, 1.54) is 31.2 Å². The van der Waals surface area contributed by atoms with Crippen LogP contribution in [0.1, 0.15) is 31.1 Å². The number of carbonyl (C=O) groups is 2. The van der Waals surface area contributed by atoms with Crippen LogP contribution in [0.25, 0.3) is 0 Å². The van der Waals surface area contributed by atoms with Crippen molar-refractivity contribution in [1.82, 2.24) is 5.32 Å². The van der Waals surface area contributed by atoms with Gasteiger partial charge in [0, 0.05) is 19.1 Å². The Hall–Kier alpha value is -2.56. The highest BCUT2D eigenvalue weighted by Crippen LogP contribution is 2.37. The molecule has 2 aliphatic rings. The molecule has 2 aliphatic heterocycles. The van der Waals surface area contributed by atoms with E-state index in [0.717, 1.165) is 0 Å². The maximum atomic E-state index is 12.2. The fourth-order valence-corrected chi connectivity index (χ4v) is 3.09. The number of nitro benzene ring substituents is 1. The van der Waals surface area contributed by atoms with E-state index in [0.29, 0.717) is 0 Å². The van der Waals surface area contributed by atoms with Crippen molar-refractivity contribution in [3.8, 4) is 0 Å². The van der Waals surface area contributed by atoms with E-state index in [2.05, 4.69) is 5.32 Å². The van der Waals surface area contributed by atoms with E-state index < -0.39 is 41.2 Å². The average molecular weight is 380 g/mol. The van der Waals surface area contributed by atoms with Gasteiger partial charge in [0.05, 0.1) is 16.5 Å². The quantitative estimate of drug-likeness (QED) is 0.458. The Balaban J connectivity index is 1.63. The number of fused-ring (bicyclic) bond motifs is 1. The molecule has 0 bridgehead atoms. The number of esters is 1. The predicted octanol–water partition coefficient (Wildman–Crippen LogP) is 1.13. The number of amides is 1. The minimum absolute atomic E-state index is 0.124. The summed E-state index contributed by atoms with van der Waals surface area (Å²) in [5, 5.41) is 13.4. The highest BCUT2D eigenvalue weighted by Gasteiger charge is 2.55. The van der Waals surface area contributed by atoms with Crippen molar-refractivity contribution < 1.29 is 33.5 Å². The third-order valence-corrected chi connectivity index (χ3v) is 4.21. The van der Waals surface area contributed by atoms with Crippen LogP contribution in [0.3, 0.4) is 0 Å². The van der Waals surface area contributed by atoms with Gasteiger partial charge in [-0.25, -0.2) is 4.79 Å². The topological polar surface area (TPSA) is 126 Å². The van der Waals surface area contributed by atoms with Crippen molar-refractivity contribution in [2.45, 2.75) is 51.1 Å². The van der Waals surface area contributed by atoms with Crippen LogP contribution in [0.5, 0.6) is 0 Å². The number of rotatable bonds is 5. The van der Waals surface area contributed by atoms with Crippen molar-refractivity contribution in [3.63, 3.8) is 0 Å². The highest BCUT2D eigenvalue weighted by molar-refractivity contribution is 5.89. The molecule has 1 N–H and O–H groups in total. The molecule has 27 heavy (non-hydrogen) atoms. The zero-order valence-corrected chi connectivity index (χ0v) is 15.0. The molecule has 3 rings (SSSR count). The van der Waals surface area contributed by atoms with Gasteiger partial charge in [0.2, 0.25) is 5.91 Å². The van der Waals surface area contributed by atoms with Gasteiger partial charge < -0.3 is 24.3 Å². The number of hydrogen-bond donors (Lipinski definition) is 1. The van der Waals surface area contributed by atoms with E-state index >= 15 is 0 Å². The maximum Gasteiger partial charge on any atom is 0.338 e. The number of carbonyl (C=O) groups excluding carboxylic acids is 2. The molecular formula is C17H20N2O8. The predicted molar refractivity (Wildman–Crippen MR) is 89.7 cm³/mol. The van der Waals surface area contributed by atoms with Gasteiger partial charge in [-0.2, -0.15) is 0 Å². The molecule has 0 saturated carbocycles. The summed E-state index contributed by atoms with van der Waals surface area (Å²) in [6.45, 7) is 4.71. The smallest absolute Gasteiger partial charge is 0.338 e. The minimum atomic E-state index is -0.841. The lowest BCUT2D eigenvalue weighted by Gasteiger charge is -2.25. The summed E-state index contributed by atoms with van der Waals surface area (Å²) < 4.78 is 22.4. The van der Waals surface area contributed by atoms with Crippen LogP contribution in [0, 0.1) is 10.1 Å². The Bertz CT molecular complexity index is 748. The summed E-state index contributed by atoms with van der Waals surface area (Å²) in [5.41, 5.74) is 0.0460. The molecule has 1 aromatic carbocycles. The standard InChI is InChI=1S/C17H20N2O8/c1-9(20)18-13-12(25-16-14(13)26-17(2,3)27-16)8-24-15(21)10-4-6-11(7-5-10)19(22)23/h4-7,12-14,16H,8H2,1-3H3,(H,18,20)/t12-,13-,14-,16+/m1/s1. The van der Waals surface area contributed by atoms with Crippen molar-refractivity contribution in [2.24, 2.45) is 0 Å². The summed E-state index contributed by atoms with van der Waals surface area (Å²) in [5.74, 6) is -1.77. The van der Waals surface area contributed by atoms with Crippen LogP contribution in [-0.4, -0.2) is 53.7 Å². The average Bonchev–Trinajstić information content (AvgIpc) is 3.05. The Morgan fingerprint density at radius 1 is 1.26 bits per heavy atom. The van der Waals surface area contributed by atoms with Gasteiger partial charge in [-0.15, -0.1) is 0 Å². The molecule has 1 amide bonds. The lowest BCUT2D eigenvalue weighted by atomic mass is 10.1. The van der Waals surface area contributed by atoms with Crippen molar-refractivity contribution >= 4 is 17.6 Å². The monoisotopic (exact) mass is 380 g/mol. The number of nitrogens with one attached hydrogen (secondary N) is 1. The second kappa shape index (κ2) is 7.22. The fraction of sp³-hybridized carbons (Fsp3) is 0.529. The van der Waals surface area contributed by atoms with E-state index in [1.807, 2.05) is 0 Å². The summed E-state index contributed by atoms with van der Waals surface area (Å²) in [6.07, 6.45) is -1.85. The molecule has 2 heterocycles. The summed E-state index contributed by atoms with van der Waals surface area (Å²) in [6, 6.07) is 4.52. The van der Waals surface area contributed by atoms with Crippen LogP contribution < -0.4 is 5.32 Å². The van der Waals surface area contributed by atoms with Crippen LogP contribution in [0.4, 0.5) is 5.69 Å². The number of nitrogens with zero attached hydrogens (tertiary/aromatic N) is 1. The molecule has 2 fully saturated rings. The molecule has 0 aliphatic carbocycles. The number of benzene rings is 1. The van der Waals surface area contributed by atoms with Gasteiger partial charge in [0.1, 0.15) is 18.8 Å². The molecule has 2 saturated heterocycles. The van der Waals surface area contributed by atoms with Crippen LogP contribution in [0.2, 0.25) is 0 Å². The Labute approximate surface area is 154 Å². The van der Waals surface area contributed by atoms with E-state index in [1.54, 1.807) is 13.8 Å². The van der Waals surface area contributed by atoms with Gasteiger partial charge in [-0.3, -0.25) is 14.9 Å². The number of hydrogen-bond acceptors (Lipinski definition) is 8. The molecular weight excluding hydrogens is 360 g/mol. The molecule has 4 atom stereocenters. The van der Waals surface area contributed by atoms with E-state index in [-0.39, 0.29) is 23.8 Å². The number of non-ortho nitro benzene ring substituents is 1. The van der Waals surface area contributed by atoms with Crippen molar-refractivity contribution in [2.75, 3.05) is 6.61 Å². The Kier molecular flexibility index (Phi) is 5.13. The zero-order chi connectivity index (χ0) is 19.8. The largest absolute Gasteiger partial charge is 0.459 e. The maximum absolute atomic E-state index is 12.2. The highest BCUT2D eigenvalue weighted by atomic mass is 16.8. The molecule has 0 unspecified atom stereocenters. The lowest BCUT2D eigenvalue weighted by Crippen LogP contribution is -2.49. The third-order valence-electron chi connectivity index (χ3n) is 4.21. The first-order chi connectivity index (χ1) is 12.7. The van der Waals surface area contributed by atoms with Gasteiger partial charge in [0.25, 0.3) is 5.69 Å². The Morgan fingerprint density at radius 3 is 2.52 bits per heavy atom. The third kappa shape index (κ3) is 4.24. The van der Waals surface area contributed by atoms with Crippen LogP contribution in [-0.2, 0) is 23.7 Å². The summed E-state index contributed by atoms with van der Waals surface area (Å²) in [4.78, 5) is 33.8. The first kappa shape index (κ1) is 19.2.